The summed E-state index contributed by atoms with van der Waals surface area (Å²) >= 11 is 0. The third-order valence-electron chi connectivity index (χ3n) is 6.19. The predicted octanol–water partition coefficient (Wildman–Crippen LogP) is 6.96. The highest BCUT2D eigenvalue weighted by Gasteiger charge is 2.05. The molecule has 0 spiro atoms. The maximum atomic E-state index is 11.1. The van der Waals surface area contributed by atoms with Crippen molar-refractivity contribution in [2.24, 2.45) is 33.0 Å². The van der Waals surface area contributed by atoms with E-state index in [2.05, 4.69) is 42.6 Å². The van der Waals surface area contributed by atoms with Gasteiger partial charge in [0.1, 0.15) is 17.5 Å². The van der Waals surface area contributed by atoms with Crippen LogP contribution in [0.15, 0.2) is 50.8 Å². The van der Waals surface area contributed by atoms with Gasteiger partial charge in [0.25, 0.3) is 0 Å². The molecule has 0 unspecified atom stereocenters. The number of aryl methyl sites for hydroxylation is 3. The molecule has 0 N–H and O–H groups in total. The lowest BCUT2D eigenvalue weighted by Crippen LogP contribution is -2.51. The van der Waals surface area contributed by atoms with Crippen LogP contribution in [0, 0.1) is 32.6 Å². The van der Waals surface area contributed by atoms with Crippen LogP contribution in [0.1, 0.15) is 111 Å². The van der Waals surface area contributed by atoms with E-state index in [9.17, 15) is 14.4 Å². The molecule has 1 fully saturated rings. The first-order valence-corrected chi connectivity index (χ1v) is 15.8. The van der Waals surface area contributed by atoms with Crippen molar-refractivity contribution in [2.45, 2.75) is 115 Å². The Hall–Kier alpha value is -3.36. The second kappa shape index (κ2) is 27.5. The zero-order valence-corrected chi connectivity index (χ0v) is 29.8. The average Bonchev–Trinajstić information content (AvgIpc) is 3.02. The van der Waals surface area contributed by atoms with Gasteiger partial charge in [0.2, 0.25) is 0 Å². The summed E-state index contributed by atoms with van der Waals surface area (Å²) in [7, 11) is 3.97. The van der Waals surface area contributed by atoms with Crippen LogP contribution in [-0.2, 0) is 21.1 Å². The standard InChI is InChI=1S/C6H9N3O3.C6H9N3.C6H12.C6H6.C6H14.2C2H6/c1-7-4(10)8(2)6(12)9(3)5(7)11;1-4-7-5(2)9-6(3)8-4;2*1-2-4-6-5-3-1;1-5(2)6(3)4;2*1-2/h1-3H3;1-3H3;1-6H2;1-6H;5-6H,1-4H3;2*1-2H3. The lowest BCUT2D eigenvalue weighted by Gasteiger charge is -2.05. The third-order valence-corrected chi connectivity index (χ3v) is 6.19. The van der Waals surface area contributed by atoms with E-state index in [1.807, 2.05) is 84.9 Å². The second-order valence-electron chi connectivity index (χ2n) is 10.3. The first-order chi connectivity index (χ1) is 20.3. The zero-order chi connectivity index (χ0) is 34.0. The Morgan fingerprint density at radius 1 is 0.465 bits per heavy atom. The predicted molar refractivity (Wildman–Crippen MR) is 183 cm³/mol. The van der Waals surface area contributed by atoms with Gasteiger partial charge in [-0.25, -0.2) is 43.0 Å². The molecule has 1 aliphatic carbocycles. The Morgan fingerprint density at radius 3 is 0.767 bits per heavy atom. The number of aromatic nitrogens is 6. The van der Waals surface area contributed by atoms with Crippen molar-refractivity contribution in [3.05, 3.63) is 85.3 Å². The summed E-state index contributed by atoms with van der Waals surface area (Å²) in [6.07, 6.45) is 9.00. The summed E-state index contributed by atoms with van der Waals surface area (Å²) in [6.45, 7) is 22.6. The van der Waals surface area contributed by atoms with Crippen molar-refractivity contribution in [2.75, 3.05) is 0 Å². The van der Waals surface area contributed by atoms with Gasteiger partial charge in [0, 0.05) is 21.1 Å². The van der Waals surface area contributed by atoms with E-state index in [4.69, 9.17) is 0 Å². The van der Waals surface area contributed by atoms with Gasteiger partial charge in [-0.05, 0) is 32.6 Å². The SMILES string of the molecule is C1CCCCC1.CC.CC.CC(C)C(C)C.Cc1nc(C)nc(C)n1.Cn1c(=O)n(C)c(=O)n(C)c1=O.c1ccccc1. The first kappa shape index (κ1) is 44.1. The molecule has 2 aromatic heterocycles. The lowest BCUT2D eigenvalue weighted by atomic mass is 10.0. The number of rotatable bonds is 1. The number of benzene rings is 1. The Morgan fingerprint density at radius 2 is 0.628 bits per heavy atom. The molecular weight excluding hydrogens is 540 g/mol. The fourth-order valence-corrected chi connectivity index (χ4v) is 3.14. The summed E-state index contributed by atoms with van der Waals surface area (Å²) in [5.74, 6) is 4.08. The Kier molecular flexibility index (Phi) is 28.2. The van der Waals surface area contributed by atoms with Crippen LogP contribution in [-0.4, -0.2) is 28.7 Å². The molecule has 246 valence electrons. The number of nitrogens with zero attached hydrogens (tertiary/aromatic N) is 6. The van der Waals surface area contributed by atoms with Gasteiger partial charge in [0.15, 0.2) is 0 Å². The molecule has 0 saturated heterocycles. The van der Waals surface area contributed by atoms with Gasteiger partial charge >= 0.3 is 17.1 Å². The van der Waals surface area contributed by atoms with Crippen molar-refractivity contribution in [3.63, 3.8) is 0 Å². The van der Waals surface area contributed by atoms with Gasteiger partial charge in [-0.2, -0.15) is 0 Å². The van der Waals surface area contributed by atoms with Crippen LogP contribution in [0.25, 0.3) is 0 Å². The van der Waals surface area contributed by atoms with Crippen LogP contribution >= 0.6 is 0 Å². The Labute approximate surface area is 261 Å². The summed E-state index contributed by atoms with van der Waals surface area (Å²) < 4.78 is 2.63. The van der Waals surface area contributed by atoms with Gasteiger partial charge < -0.3 is 0 Å². The maximum Gasteiger partial charge on any atom is 0.335 e. The smallest absolute Gasteiger partial charge is 0.248 e. The van der Waals surface area contributed by atoms with E-state index >= 15 is 0 Å². The first-order valence-electron chi connectivity index (χ1n) is 15.8. The molecule has 9 nitrogen and oxygen atoms in total. The molecule has 0 bridgehead atoms. The molecule has 43 heavy (non-hydrogen) atoms. The lowest BCUT2D eigenvalue weighted by molar-refractivity contribution is 0.457. The summed E-state index contributed by atoms with van der Waals surface area (Å²) in [5, 5.41) is 0. The molecule has 2 heterocycles. The zero-order valence-electron chi connectivity index (χ0n) is 29.8. The Balaban J connectivity index is -0.000000464. The molecule has 3 aromatic rings. The van der Waals surface area contributed by atoms with Crippen molar-refractivity contribution in [3.8, 4) is 0 Å². The summed E-state index contributed by atoms with van der Waals surface area (Å²) in [6, 6.07) is 12.0. The van der Waals surface area contributed by atoms with Crippen LogP contribution in [0.4, 0.5) is 0 Å². The quantitative estimate of drug-likeness (QED) is 0.298. The van der Waals surface area contributed by atoms with Crippen molar-refractivity contribution >= 4 is 0 Å². The second-order valence-corrected chi connectivity index (χ2v) is 10.3. The minimum absolute atomic E-state index is 0.608. The van der Waals surface area contributed by atoms with Crippen molar-refractivity contribution in [1.82, 2.24) is 28.7 Å². The van der Waals surface area contributed by atoms with Gasteiger partial charge in [-0.15, -0.1) is 0 Å². The number of hydrogen-bond acceptors (Lipinski definition) is 6. The van der Waals surface area contributed by atoms with Gasteiger partial charge in [0.05, 0.1) is 0 Å². The maximum absolute atomic E-state index is 11.1. The van der Waals surface area contributed by atoms with E-state index in [1.165, 1.54) is 59.7 Å². The fraction of sp³-hybridized carbons (Fsp3) is 0.647. The minimum atomic E-state index is -0.608. The molecule has 1 aromatic carbocycles. The average molecular weight is 603 g/mol. The molecule has 1 aliphatic rings. The largest absolute Gasteiger partial charge is 0.335 e. The monoisotopic (exact) mass is 602 g/mol. The molecule has 0 amide bonds. The van der Waals surface area contributed by atoms with E-state index in [1.54, 1.807) is 0 Å². The summed E-state index contributed by atoms with van der Waals surface area (Å²) in [5.41, 5.74) is -1.82. The van der Waals surface area contributed by atoms with Crippen molar-refractivity contribution < 1.29 is 0 Å². The van der Waals surface area contributed by atoms with E-state index in [0.717, 1.165) is 43.0 Å². The van der Waals surface area contributed by atoms with Gasteiger partial charge in [-0.3, -0.25) is 0 Å². The topological polar surface area (TPSA) is 105 Å². The van der Waals surface area contributed by atoms with Crippen molar-refractivity contribution in [1.29, 1.82) is 0 Å². The normalized spacial score (nSPS) is 11.2. The Bertz CT molecular complexity index is 1050. The third kappa shape index (κ3) is 21.9. The molecule has 0 atom stereocenters. The summed E-state index contributed by atoms with van der Waals surface area (Å²) in [4.78, 5) is 45.3. The highest BCUT2D eigenvalue weighted by Crippen LogP contribution is 2.15. The van der Waals surface area contributed by atoms with Crippen LogP contribution in [0.3, 0.4) is 0 Å². The molecule has 9 heteroatoms. The fourth-order valence-electron chi connectivity index (χ4n) is 3.14. The van der Waals surface area contributed by atoms with Crippen LogP contribution < -0.4 is 17.1 Å². The molecular formula is C34H62N6O3. The number of hydrogen-bond donors (Lipinski definition) is 0. The van der Waals surface area contributed by atoms with E-state index in [0.29, 0.717) is 0 Å². The van der Waals surface area contributed by atoms with Crippen LogP contribution in [0.2, 0.25) is 0 Å². The molecule has 0 radical (unpaired) electrons. The molecule has 0 aliphatic heterocycles. The van der Waals surface area contributed by atoms with E-state index < -0.39 is 17.1 Å². The highest BCUT2D eigenvalue weighted by molar-refractivity contribution is 4.99. The van der Waals surface area contributed by atoms with E-state index in [-0.39, 0.29) is 0 Å². The minimum Gasteiger partial charge on any atom is -0.248 e. The van der Waals surface area contributed by atoms with Gasteiger partial charge in [-0.1, -0.05) is 130 Å². The highest BCUT2D eigenvalue weighted by atomic mass is 16.2. The molecule has 1 saturated carbocycles. The molecule has 4 rings (SSSR count). The van der Waals surface area contributed by atoms with Crippen LogP contribution in [0.5, 0.6) is 0 Å².